The van der Waals surface area contributed by atoms with Crippen LogP contribution in [0.2, 0.25) is 0 Å². The zero-order chi connectivity index (χ0) is 11.7. The third kappa shape index (κ3) is 6.69. The molecule has 15 heavy (non-hydrogen) atoms. The number of carboxylic acid groups (broad SMARTS) is 1. The highest BCUT2D eigenvalue weighted by atomic mass is 16.4. The molecule has 0 saturated heterocycles. The van der Waals surface area contributed by atoms with Crippen LogP contribution in [0.3, 0.4) is 0 Å². The number of carbonyl (C=O) groups is 2. The number of aliphatic hydroxyl groups is 1. The number of urea groups is 1. The van der Waals surface area contributed by atoms with Crippen molar-refractivity contribution in [3.05, 3.63) is 0 Å². The van der Waals surface area contributed by atoms with Gasteiger partial charge in [0.2, 0.25) is 0 Å². The first kappa shape index (κ1) is 13.7. The van der Waals surface area contributed by atoms with Crippen LogP contribution in [0.1, 0.15) is 6.42 Å². The van der Waals surface area contributed by atoms with Crippen LogP contribution in [-0.4, -0.2) is 55.0 Å². The Balaban J connectivity index is 3.67. The lowest BCUT2D eigenvalue weighted by atomic mass is 10.3. The molecule has 0 aliphatic rings. The first-order valence-corrected chi connectivity index (χ1v) is 4.64. The lowest BCUT2D eigenvalue weighted by Gasteiger charge is -2.12. The molecule has 1 atom stereocenters. The second kappa shape index (κ2) is 8.01. The molecule has 0 aromatic heterocycles. The van der Waals surface area contributed by atoms with E-state index < -0.39 is 24.6 Å². The number of amides is 2. The molecule has 0 aliphatic carbocycles. The molecule has 0 rings (SSSR count). The van der Waals surface area contributed by atoms with Crippen molar-refractivity contribution >= 4 is 12.0 Å². The van der Waals surface area contributed by atoms with Crippen molar-refractivity contribution in [3.8, 4) is 0 Å². The van der Waals surface area contributed by atoms with Gasteiger partial charge in [-0.15, -0.1) is 0 Å². The molecular formula is C8H17N3O4. The molecule has 7 nitrogen and oxygen atoms in total. The van der Waals surface area contributed by atoms with E-state index in [4.69, 9.17) is 10.2 Å². The van der Waals surface area contributed by atoms with E-state index in [1.165, 1.54) is 0 Å². The van der Waals surface area contributed by atoms with Gasteiger partial charge in [-0.25, -0.2) is 9.59 Å². The van der Waals surface area contributed by atoms with Crippen LogP contribution in [0.5, 0.6) is 0 Å². The highest BCUT2D eigenvalue weighted by molar-refractivity contribution is 5.82. The quantitative estimate of drug-likeness (QED) is 0.329. The predicted octanol–water partition coefficient (Wildman–Crippen LogP) is -1.66. The predicted molar refractivity (Wildman–Crippen MR) is 53.6 cm³/mol. The summed E-state index contributed by atoms with van der Waals surface area (Å²) in [7, 11) is 1.80. The van der Waals surface area contributed by atoms with Crippen molar-refractivity contribution in [1.82, 2.24) is 16.0 Å². The molecule has 0 unspecified atom stereocenters. The van der Waals surface area contributed by atoms with E-state index in [1.807, 2.05) is 0 Å². The molecule has 0 heterocycles. The van der Waals surface area contributed by atoms with E-state index in [9.17, 15) is 9.59 Å². The largest absolute Gasteiger partial charge is 0.480 e. The molecule has 0 radical (unpaired) electrons. The summed E-state index contributed by atoms with van der Waals surface area (Å²) in [6.45, 7) is 0.590. The number of rotatable bonds is 7. The Morgan fingerprint density at radius 2 is 2.00 bits per heavy atom. The minimum absolute atomic E-state index is 0.449. The van der Waals surface area contributed by atoms with Gasteiger partial charge >= 0.3 is 12.0 Å². The zero-order valence-electron chi connectivity index (χ0n) is 8.62. The summed E-state index contributed by atoms with van der Waals surface area (Å²) in [6.07, 6.45) is 0.751. The molecule has 5 N–H and O–H groups in total. The van der Waals surface area contributed by atoms with Crippen LogP contribution in [0.15, 0.2) is 0 Å². The fourth-order valence-electron chi connectivity index (χ4n) is 0.862. The van der Waals surface area contributed by atoms with Crippen LogP contribution in [0.4, 0.5) is 4.79 Å². The van der Waals surface area contributed by atoms with Gasteiger partial charge in [0, 0.05) is 6.54 Å². The Morgan fingerprint density at radius 3 is 2.47 bits per heavy atom. The van der Waals surface area contributed by atoms with E-state index in [0.29, 0.717) is 6.54 Å². The number of hydrogen-bond acceptors (Lipinski definition) is 4. The summed E-state index contributed by atoms with van der Waals surface area (Å²) in [5.74, 6) is -1.26. The maximum absolute atomic E-state index is 11.1. The highest BCUT2D eigenvalue weighted by Gasteiger charge is 2.17. The van der Waals surface area contributed by atoms with Crippen LogP contribution < -0.4 is 16.0 Å². The van der Waals surface area contributed by atoms with Crippen LogP contribution in [-0.2, 0) is 4.79 Å². The summed E-state index contributed by atoms with van der Waals surface area (Å²) in [6, 6.07) is -1.85. The van der Waals surface area contributed by atoms with Crippen molar-refractivity contribution in [1.29, 1.82) is 0 Å². The second-order valence-corrected chi connectivity index (χ2v) is 2.93. The van der Waals surface area contributed by atoms with Gasteiger partial charge in [-0.1, -0.05) is 0 Å². The van der Waals surface area contributed by atoms with E-state index in [-0.39, 0.29) is 0 Å². The van der Waals surface area contributed by atoms with Gasteiger partial charge in [0.05, 0.1) is 6.61 Å². The minimum Gasteiger partial charge on any atom is -0.480 e. The van der Waals surface area contributed by atoms with Crippen molar-refractivity contribution < 1.29 is 19.8 Å². The Bertz CT molecular complexity index is 210. The maximum Gasteiger partial charge on any atom is 0.328 e. The number of aliphatic hydroxyl groups excluding tert-OH is 1. The van der Waals surface area contributed by atoms with E-state index >= 15 is 0 Å². The number of nitrogens with one attached hydrogen (secondary N) is 3. The van der Waals surface area contributed by atoms with E-state index in [1.54, 1.807) is 7.05 Å². The van der Waals surface area contributed by atoms with Crippen LogP contribution in [0.25, 0.3) is 0 Å². The number of carboxylic acids is 1. The fourth-order valence-corrected chi connectivity index (χ4v) is 0.862. The number of hydrogen-bond donors (Lipinski definition) is 5. The molecule has 2 amide bonds. The lowest BCUT2D eigenvalue weighted by molar-refractivity contribution is -0.140. The Kier molecular flexibility index (Phi) is 7.29. The smallest absolute Gasteiger partial charge is 0.328 e. The molecule has 0 aromatic carbocycles. The average Bonchev–Trinajstić information content (AvgIpc) is 2.20. The third-order valence-corrected chi connectivity index (χ3v) is 1.68. The molecule has 0 aliphatic heterocycles. The Morgan fingerprint density at radius 1 is 1.33 bits per heavy atom. The zero-order valence-corrected chi connectivity index (χ0v) is 8.62. The minimum atomic E-state index is -1.26. The molecule has 0 fully saturated rings. The van der Waals surface area contributed by atoms with Crippen molar-refractivity contribution in [2.24, 2.45) is 0 Å². The second-order valence-electron chi connectivity index (χ2n) is 2.93. The molecule has 88 valence electrons. The summed E-state index contributed by atoms with van der Waals surface area (Å²) < 4.78 is 0. The maximum atomic E-state index is 11.1. The molecule has 7 heteroatoms. The monoisotopic (exact) mass is 219 g/mol. The van der Waals surface area contributed by atoms with Gasteiger partial charge in [-0.3, -0.25) is 0 Å². The molecule has 0 aromatic rings. The number of aliphatic carboxylic acids is 1. The summed E-state index contributed by atoms with van der Waals surface area (Å²) in [5, 5.41) is 24.6. The first-order chi connectivity index (χ1) is 7.11. The van der Waals surface area contributed by atoms with E-state index in [0.717, 1.165) is 13.0 Å². The van der Waals surface area contributed by atoms with Gasteiger partial charge in [0.1, 0.15) is 0 Å². The lowest BCUT2D eigenvalue weighted by Crippen LogP contribution is -2.48. The molecule has 0 bridgehead atoms. The first-order valence-electron chi connectivity index (χ1n) is 4.64. The fraction of sp³-hybridized carbons (Fsp3) is 0.750. The Labute approximate surface area is 87.9 Å². The standard InChI is InChI=1S/C8H17N3O4/c1-9-3-2-4-10-8(15)11-6(5-12)7(13)14/h6,9,12H,2-5H2,1H3,(H,13,14)(H2,10,11,15)/t6-/m0/s1. The topological polar surface area (TPSA) is 111 Å². The van der Waals surface area contributed by atoms with Gasteiger partial charge in [-0.05, 0) is 20.0 Å². The van der Waals surface area contributed by atoms with Crippen molar-refractivity contribution in [2.45, 2.75) is 12.5 Å². The average molecular weight is 219 g/mol. The van der Waals surface area contributed by atoms with Crippen molar-refractivity contribution in [2.75, 3.05) is 26.7 Å². The van der Waals surface area contributed by atoms with Gasteiger partial charge < -0.3 is 26.2 Å². The van der Waals surface area contributed by atoms with Gasteiger partial charge in [0.15, 0.2) is 6.04 Å². The summed E-state index contributed by atoms with van der Waals surface area (Å²) in [5.41, 5.74) is 0. The van der Waals surface area contributed by atoms with Crippen LogP contribution in [0, 0.1) is 0 Å². The van der Waals surface area contributed by atoms with Gasteiger partial charge in [-0.2, -0.15) is 0 Å². The van der Waals surface area contributed by atoms with Gasteiger partial charge in [0.25, 0.3) is 0 Å². The van der Waals surface area contributed by atoms with Crippen LogP contribution >= 0.6 is 0 Å². The van der Waals surface area contributed by atoms with Crippen molar-refractivity contribution in [3.63, 3.8) is 0 Å². The SMILES string of the molecule is CNCCCNC(=O)N[C@@H](CO)C(=O)O. The highest BCUT2D eigenvalue weighted by Crippen LogP contribution is 1.82. The molecule has 0 spiro atoms. The summed E-state index contributed by atoms with van der Waals surface area (Å²) >= 11 is 0. The van der Waals surface area contributed by atoms with E-state index in [2.05, 4.69) is 16.0 Å². The Hall–Kier alpha value is -1.34. The summed E-state index contributed by atoms with van der Waals surface area (Å²) in [4.78, 5) is 21.5. The molecule has 0 saturated carbocycles. The number of carbonyl (C=O) groups excluding carboxylic acids is 1. The normalized spacial score (nSPS) is 11.9. The molecular weight excluding hydrogens is 202 g/mol. The third-order valence-electron chi connectivity index (χ3n) is 1.68.